The summed E-state index contributed by atoms with van der Waals surface area (Å²) in [6.45, 7) is 0.482. The predicted molar refractivity (Wildman–Crippen MR) is 89.0 cm³/mol. The molecule has 0 saturated carbocycles. The molecule has 10 heteroatoms. The molecule has 1 aromatic heterocycles. The van der Waals surface area contributed by atoms with Crippen LogP contribution in [0.15, 0.2) is 42.6 Å². The van der Waals surface area contributed by atoms with E-state index in [0.29, 0.717) is 0 Å². The first-order chi connectivity index (χ1) is 12.7. The number of para-hydroxylation sites is 1. The highest BCUT2D eigenvalue weighted by atomic mass is 19.4. The number of aliphatic hydroxyl groups is 1. The monoisotopic (exact) mass is 387 g/mol. The molecule has 0 fully saturated rings. The smallest absolute Gasteiger partial charge is 0.416 e. The van der Waals surface area contributed by atoms with Crippen LogP contribution < -0.4 is 10.1 Å². The molecule has 0 unspecified atom stereocenters. The SMILES string of the molecule is CCN(C[C@@H](O)C(F)(F)F)C(=O)Nc1cc(Oc2ccccc2F)ccn1. The minimum atomic E-state index is -4.83. The lowest BCUT2D eigenvalue weighted by atomic mass is 10.3. The van der Waals surface area contributed by atoms with E-state index in [9.17, 15) is 22.4 Å². The number of pyridine rings is 1. The third kappa shape index (κ3) is 5.81. The average Bonchev–Trinajstić information content (AvgIpc) is 2.60. The fraction of sp³-hybridized carbons (Fsp3) is 0.294. The van der Waals surface area contributed by atoms with Crippen molar-refractivity contribution in [2.45, 2.75) is 19.2 Å². The Bertz CT molecular complexity index is 786. The van der Waals surface area contributed by atoms with Crippen molar-refractivity contribution in [3.05, 3.63) is 48.4 Å². The number of hydrogen-bond acceptors (Lipinski definition) is 4. The number of likely N-dealkylation sites (N-methyl/N-ethyl adjacent to an activating group) is 1. The Hall–Kier alpha value is -2.88. The molecular weight excluding hydrogens is 370 g/mol. The van der Waals surface area contributed by atoms with Crippen LogP contribution in [0, 0.1) is 5.82 Å². The lowest BCUT2D eigenvalue weighted by molar-refractivity contribution is -0.206. The van der Waals surface area contributed by atoms with Crippen LogP contribution in [0.3, 0.4) is 0 Å². The molecule has 0 aliphatic carbocycles. The number of rotatable bonds is 6. The van der Waals surface area contributed by atoms with Crippen LogP contribution >= 0.6 is 0 Å². The molecule has 0 aliphatic heterocycles. The maximum Gasteiger partial charge on any atom is 0.416 e. The largest absolute Gasteiger partial charge is 0.454 e. The quantitative estimate of drug-likeness (QED) is 0.740. The van der Waals surface area contributed by atoms with Crippen LogP contribution in [0.25, 0.3) is 0 Å². The van der Waals surface area contributed by atoms with Gasteiger partial charge in [-0.25, -0.2) is 14.2 Å². The number of amides is 2. The zero-order valence-corrected chi connectivity index (χ0v) is 14.2. The van der Waals surface area contributed by atoms with Gasteiger partial charge in [0.05, 0.1) is 6.54 Å². The van der Waals surface area contributed by atoms with Crippen molar-refractivity contribution in [3.8, 4) is 11.5 Å². The van der Waals surface area contributed by atoms with Crippen molar-refractivity contribution < 1.29 is 32.2 Å². The minimum Gasteiger partial charge on any atom is -0.454 e. The number of hydrogen-bond donors (Lipinski definition) is 2. The number of aromatic nitrogens is 1. The van der Waals surface area contributed by atoms with Gasteiger partial charge in [-0.2, -0.15) is 13.2 Å². The van der Waals surface area contributed by atoms with Gasteiger partial charge in [0.15, 0.2) is 17.7 Å². The van der Waals surface area contributed by atoms with E-state index in [1.807, 2.05) is 0 Å². The van der Waals surface area contributed by atoms with Gasteiger partial charge in [-0.05, 0) is 25.1 Å². The first-order valence-electron chi connectivity index (χ1n) is 7.90. The van der Waals surface area contributed by atoms with E-state index >= 15 is 0 Å². The average molecular weight is 387 g/mol. The zero-order valence-electron chi connectivity index (χ0n) is 14.2. The second-order valence-corrected chi connectivity index (χ2v) is 5.44. The number of nitrogens with zero attached hydrogens (tertiary/aromatic N) is 2. The second kappa shape index (κ2) is 8.67. The van der Waals surface area contributed by atoms with Crippen molar-refractivity contribution in [2.24, 2.45) is 0 Å². The highest BCUT2D eigenvalue weighted by Crippen LogP contribution is 2.25. The molecule has 1 aromatic carbocycles. The van der Waals surface area contributed by atoms with Crippen molar-refractivity contribution in [2.75, 3.05) is 18.4 Å². The summed E-state index contributed by atoms with van der Waals surface area (Å²) in [6.07, 6.45) is -6.21. The summed E-state index contributed by atoms with van der Waals surface area (Å²) in [7, 11) is 0. The van der Waals surface area contributed by atoms with Gasteiger partial charge < -0.3 is 14.7 Å². The van der Waals surface area contributed by atoms with Crippen LogP contribution in [-0.4, -0.2) is 46.4 Å². The van der Waals surface area contributed by atoms with E-state index < -0.39 is 30.7 Å². The predicted octanol–water partition coefficient (Wildman–Crippen LogP) is 3.79. The topological polar surface area (TPSA) is 74.7 Å². The molecule has 0 radical (unpaired) electrons. The van der Waals surface area contributed by atoms with Crippen LogP contribution in [0.2, 0.25) is 0 Å². The Morgan fingerprint density at radius 2 is 2.04 bits per heavy atom. The number of ether oxygens (including phenoxy) is 1. The molecule has 1 atom stereocenters. The first kappa shape index (κ1) is 20.4. The number of carbonyl (C=O) groups is 1. The molecule has 0 aliphatic rings. The Labute approximate surface area is 152 Å². The van der Waals surface area contributed by atoms with Gasteiger partial charge in [0.2, 0.25) is 0 Å². The number of benzene rings is 1. The van der Waals surface area contributed by atoms with E-state index in [1.54, 1.807) is 6.07 Å². The molecule has 1 heterocycles. The molecule has 0 bridgehead atoms. The molecule has 146 valence electrons. The van der Waals surface area contributed by atoms with E-state index in [1.165, 1.54) is 43.5 Å². The molecule has 6 nitrogen and oxygen atoms in total. The maximum absolute atomic E-state index is 13.6. The number of carbonyl (C=O) groups excluding carboxylic acids is 1. The minimum absolute atomic E-state index is 0.00575. The summed E-state index contributed by atoms with van der Waals surface area (Å²) >= 11 is 0. The van der Waals surface area contributed by atoms with Crippen LogP contribution in [-0.2, 0) is 0 Å². The highest BCUT2D eigenvalue weighted by Gasteiger charge is 2.39. The molecular formula is C17H17F4N3O3. The number of alkyl halides is 3. The van der Waals surface area contributed by atoms with Gasteiger partial charge in [0.1, 0.15) is 11.6 Å². The van der Waals surface area contributed by atoms with Crippen LogP contribution in [0.1, 0.15) is 6.92 Å². The number of anilines is 1. The first-order valence-corrected chi connectivity index (χ1v) is 7.90. The van der Waals surface area contributed by atoms with Gasteiger partial charge in [-0.1, -0.05) is 12.1 Å². The Kier molecular flexibility index (Phi) is 6.56. The maximum atomic E-state index is 13.6. The van der Waals surface area contributed by atoms with E-state index in [4.69, 9.17) is 9.84 Å². The fourth-order valence-electron chi connectivity index (χ4n) is 2.05. The zero-order chi connectivity index (χ0) is 20.0. The lowest BCUT2D eigenvalue weighted by Gasteiger charge is -2.25. The van der Waals surface area contributed by atoms with E-state index in [-0.39, 0.29) is 23.9 Å². The summed E-state index contributed by atoms with van der Waals surface area (Å²) in [4.78, 5) is 16.8. The molecule has 27 heavy (non-hydrogen) atoms. The standard InChI is InChI=1S/C17H17F4N3O3/c1-2-24(10-14(25)17(19,20)21)16(26)23-15-9-11(7-8-22-15)27-13-6-4-3-5-12(13)18/h3-9,14,25H,2,10H2,1H3,(H,22,23,26)/t14-/m1/s1. The summed E-state index contributed by atoms with van der Waals surface area (Å²) in [5.41, 5.74) is 0. The molecule has 2 amide bonds. The molecule has 0 saturated heterocycles. The van der Waals surface area contributed by atoms with Gasteiger partial charge in [0, 0.05) is 18.8 Å². The Morgan fingerprint density at radius 3 is 2.67 bits per heavy atom. The Balaban J connectivity index is 2.06. The van der Waals surface area contributed by atoms with Crippen molar-refractivity contribution in [1.29, 1.82) is 0 Å². The molecule has 2 rings (SSSR count). The summed E-state index contributed by atoms with van der Waals surface area (Å²) < 4.78 is 56.4. The van der Waals surface area contributed by atoms with Crippen molar-refractivity contribution in [1.82, 2.24) is 9.88 Å². The Morgan fingerprint density at radius 1 is 1.33 bits per heavy atom. The van der Waals surface area contributed by atoms with Crippen LogP contribution in [0.4, 0.5) is 28.2 Å². The second-order valence-electron chi connectivity index (χ2n) is 5.44. The highest BCUT2D eigenvalue weighted by molar-refractivity contribution is 5.88. The normalized spacial score (nSPS) is 12.4. The number of nitrogens with one attached hydrogen (secondary N) is 1. The summed E-state index contributed by atoms with van der Waals surface area (Å²) in [5.74, 6) is -0.458. The molecule has 2 aromatic rings. The summed E-state index contributed by atoms with van der Waals surface area (Å²) in [5, 5.41) is 11.4. The van der Waals surface area contributed by atoms with Gasteiger partial charge in [-0.3, -0.25) is 5.32 Å². The van der Waals surface area contributed by atoms with Gasteiger partial charge >= 0.3 is 12.2 Å². The fourth-order valence-corrected chi connectivity index (χ4v) is 2.05. The van der Waals surface area contributed by atoms with Crippen LogP contribution in [0.5, 0.6) is 11.5 Å². The molecule has 0 spiro atoms. The van der Waals surface area contributed by atoms with Gasteiger partial charge in [0.25, 0.3) is 0 Å². The third-order valence-electron chi connectivity index (χ3n) is 3.47. The summed E-state index contributed by atoms with van der Waals surface area (Å²) in [6, 6.07) is 7.53. The number of aliphatic hydroxyl groups excluding tert-OH is 1. The lowest BCUT2D eigenvalue weighted by Crippen LogP contribution is -2.45. The van der Waals surface area contributed by atoms with Crippen molar-refractivity contribution in [3.63, 3.8) is 0 Å². The third-order valence-corrected chi connectivity index (χ3v) is 3.47. The van der Waals surface area contributed by atoms with E-state index in [2.05, 4.69) is 10.3 Å². The van der Waals surface area contributed by atoms with Gasteiger partial charge in [-0.15, -0.1) is 0 Å². The van der Waals surface area contributed by atoms with E-state index in [0.717, 1.165) is 4.90 Å². The molecule has 2 N–H and O–H groups in total. The number of urea groups is 1. The van der Waals surface area contributed by atoms with Crippen molar-refractivity contribution >= 4 is 11.8 Å². The number of halogens is 4.